The minimum atomic E-state index is -4.52. The van der Waals surface area contributed by atoms with Crippen molar-refractivity contribution in [1.29, 1.82) is 0 Å². The molecular formula is C13H10BrF3N2OS. The van der Waals surface area contributed by atoms with Crippen LogP contribution in [0.5, 0.6) is 0 Å². The molecule has 1 heterocycles. The molecule has 0 atom stereocenters. The minimum absolute atomic E-state index is 0.166. The highest BCUT2D eigenvalue weighted by atomic mass is 79.9. The largest absolute Gasteiger partial charge is 0.397 e. The van der Waals surface area contributed by atoms with Crippen molar-refractivity contribution >= 4 is 38.3 Å². The number of thiazole rings is 1. The van der Waals surface area contributed by atoms with Gasteiger partial charge < -0.3 is 5.32 Å². The molecule has 1 amide bonds. The Bertz CT molecular complexity index is 652. The fourth-order valence-corrected chi connectivity index (χ4v) is 2.79. The molecule has 0 aliphatic carbocycles. The normalized spacial score (nSPS) is 11.5. The number of aryl methyl sites for hydroxylation is 1. The molecule has 1 aromatic heterocycles. The van der Waals surface area contributed by atoms with Crippen LogP contribution in [0, 0.1) is 6.92 Å². The van der Waals surface area contributed by atoms with Crippen molar-refractivity contribution in [2.24, 2.45) is 0 Å². The van der Waals surface area contributed by atoms with Crippen LogP contribution < -0.4 is 5.32 Å². The van der Waals surface area contributed by atoms with Gasteiger partial charge in [-0.1, -0.05) is 28.1 Å². The van der Waals surface area contributed by atoms with Crippen LogP contribution in [0.15, 0.2) is 28.7 Å². The number of nitrogens with one attached hydrogen (secondary N) is 1. The molecular weight excluding hydrogens is 369 g/mol. The molecule has 1 N–H and O–H groups in total. The minimum Gasteiger partial charge on any atom is -0.302 e. The summed E-state index contributed by atoms with van der Waals surface area (Å²) in [5, 5.41) is 2.35. The Morgan fingerprint density at radius 1 is 1.33 bits per heavy atom. The van der Waals surface area contributed by atoms with E-state index in [1.165, 1.54) is 0 Å². The molecule has 2 rings (SSSR count). The van der Waals surface area contributed by atoms with Gasteiger partial charge >= 0.3 is 6.18 Å². The highest BCUT2D eigenvalue weighted by molar-refractivity contribution is 9.10. The van der Waals surface area contributed by atoms with Crippen LogP contribution >= 0.6 is 27.3 Å². The molecule has 0 saturated carbocycles. The molecule has 0 aliphatic heterocycles. The van der Waals surface area contributed by atoms with Crippen LogP contribution in [-0.2, 0) is 4.79 Å². The van der Waals surface area contributed by atoms with Crippen molar-refractivity contribution in [1.82, 2.24) is 4.98 Å². The number of anilines is 1. The van der Waals surface area contributed by atoms with E-state index in [2.05, 4.69) is 26.2 Å². The third-order valence-corrected chi connectivity index (χ3v) is 3.94. The molecule has 112 valence electrons. The molecule has 8 heteroatoms. The second kappa shape index (κ2) is 6.15. The molecule has 0 bridgehead atoms. The van der Waals surface area contributed by atoms with Crippen molar-refractivity contribution in [2.75, 3.05) is 5.32 Å². The van der Waals surface area contributed by atoms with E-state index in [0.29, 0.717) is 5.69 Å². The van der Waals surface area contributed by atoms with Gasteiger partial charge in [0.25, 0.3) is 0 Å². The topological polar surface area (TPSA) is 42.0 Å². The van der Waals surface area contributed by atoms with E-state index in [9.17, 15) is 18.0 Å². The van der Waals surface area contributed by atoms with Gasteiger partial charge in [-0.15, -0.1) is 11.3 Å². The average Bonchev–Trinajstić information content (AvgIpc) is 2.68. The van der Waals surface area contributed by atoms with Crippen LogP contribution in [0.1, 0.15) is 11.3 Å². The summed E-state index contributed by atoms with van der Waals surface area (Å²) < 4.78 is 37.3. The van der Waals surface area contributed by atoms with E-state index < -0.39 is 18.5 Å². The lowest BCUT2D eigenvalue weighted by Gasteiger charge is -2.04. The second-order valence-electron chi connectivity index (χ2n) is 4.27. The van der Waals surface area contributed by atoms with Gasteiger partial charge in [0, 0.05) is 14.9 Å². The van der Waals surface area contributed by atoms with Crippen molar-refractivity contribution in [3.05, 3.63) is 33.6 Å². The Morgan fingerprint density at radius 3 is 2.52 bits per heavy atom. The Hall–Kier alpha value is -1.41. The summed E-state index contributed by atoms with van der Waals surface area (Å²) in [5.41, 5.74) is 1.48. The van der Waals surface area contributed by atoms with Crippen molar-refractivity contribution < 1.29 is 18.0 Å². The number of nitrogens with zero attached hydrogens (tertiary/aromatic N) is 1. The third kappa shape index (κ3) is 4.53. The van der Waals surface area contributed by atoms with E-state index in [1.54, 1.807) is 6.92 Å². The fourth-order valence-electron chi connectivity index (χ4n) is 1.67. The Kier molecular flexibility index (Phi) is 4.67. The number of rotatable bonds is 3. The first-order chi connectivity index (χ1) is 9.74. The van der Waals surface area contributed by atoms with E-state index in [1.807, 2.05) is 24.3 Å². The first-order valence-corrected chi connectivity index (χ1v) is 7.45. The molecule has 2 aromatic rings. The van der Waals surface area contributed by atoms with Gasteiger partial charge in [0.15, 0.2) is 5.13 Å². The number of hydrogen-bond acceptors (Lipinski definition) is 3. The first kappa shape index (κ1) is 16.0. The van der Waals surface area contributed by atoms with Crippen LogP contribution in [0.4, 0.5) is 18.3 Å². The van der Waals surface area contributed by atoms with Gasteiger partial charge in [-0.3, -0.25) is 4.79 Å². The molecule has 0 unspecified atom stereocenters. The van der Waals surface area contributed by atoms with Crippen LogP contribution in [0.3, 0.4) is 0 Å². The lowest BCUT2D eigenvalue weighted by molar-refractivity contribution is -0.150. The number of hydrogen-bond donors (Lipinski definition) is 1. The molecule has 0 saturated heterocycles. The summed E-state index contributed by atoms with van der Waals surface area (Å²) in [4.78, 5) is 16.3. The van der Waals surface area contributed by atoms with Gasteiger partial charge in [0.2, 0.25) is 5.91 Å². The number of aromatic nitrogens is 1. The number of alkyl halides is 3. The summed E-state index contributed by atoms with van der Waals surface area (Å²) >= 11 is 4.47. The number of carbonyl (C=O) groups excluding carboxylic acids is 1. The first-order valence-electron chi connectivity index (χ1n) is 5.84. The number of amides is 1. The zero-order valence-corrected chi connectivity index (χ0v) is 13.2. The average molecular weight is 379 g/mol. The number of carbonyl (C=O) groups is 1. The highest BCUT2D eigenvalue weighted by Gasteiger charge is 2.31. The van der Waals surface area contributed by atoms with E-state index >= 15 is 0 Å². The predicted octanol–water partition coefficient (Wildman–Crippen LogP) is 4.77. The van der Waals surface area contributed by atoms with Crippen molar-refractivity contribution in [2.45, 2.75) is 19.5 Å². The SMILES string of the molecule is Cc1sc(NC(=O)CC(F)(F)F)nc1-c1ccc(Br)cc1. The van der Waals surface area contributed by atoms with Gasteiger partial charge in [-0.2, -0.15) is 13.2 Å². The second-order valence-corrected chi connectivity index (χ2v) is 6.39. The van der Waals surface area contributed by atoms with Gasteiger partial charge in [0.05, 0.1) is 5.69 Å². The van der Waals surface area contributed by atoms with Gasteiger partial charge in [0.1, 0.15) is 6.42 Å². The Balaban J connectivity index is 2.16. The smallest absolute Gasteiger partial charge is 0.302 e. The van der Waals surface area contributed by atoms with E-state index in [4.69, 9.17) is 0 Å². The van der Waals surface area contributed by atoms with Gasteiger partial charge in [-0.05, 0) is 19.1 Å². The molecule has 21 heavy (non-hydrogen) atoms. The molecule has 0 radical (unpaired) electrons. The zero-order chi connectivity index (χ0) is 15.6. The lowest BCUT2D eigenvalue weighted by atomic mass is 10.1. The molecule has 0 aliphatic rings. The summed E-state index contributed by atoms with van der Waals surface area (Å²) in [6, 6.07) is 7.37. The summed E-state index contributed by atoms with van der Waals surface area (Å²) in [6.07, 6.45) is -6.04. The number of halogens is 4. The summed E-state index contributed by atoms with van der Waals surface area (Å²) in [6.45, 7) is 1.80. The lowest BCUT2D eigenvalue weighted by Crippen LogP contribution is -2.21. The maximum atomic E-state index is 12.1. The Labute approximate surface area is 131 Å². The van der Waals surface area contributed by atoms with Crippen molar-refractivity contribution in [3.8, 4) is 11.3 Å². The quantitative estimate of drug-likeness (QED) is 0.835. The highest BCUT2D eigenvalue weighted by Crippen LogP contribution is 2.31. The standard InChI is InChI=1S/C13H10BrF3N2OS/c1-7-11(8-2-4-9(14)5-3-8)19-12(21-7)18-10(20)6-13(15,16)17/h2-5H,6H2,1H3,(H,18,19,20). The van der Waals surface area contributed by atoms with Crippen molar-refractivity contribution in [3.63, 3.8) is 0 Å². The molecule has 0 spiro atoms. The fraction of sp³-hybridized carbons (Fsp3) is 0.231. The van der Waals surface area contributed by atoms with Gasteiger partial charge in [-0.25, -0.2) is 4.98 Å². The monoisotopic (exact) mass is 378 g/mol. The van der Waals surface area contributed by atoms with Crippen LogP contribution in [-0.4, -0.2) is 17.1 Å². The maximum absolute atomic E-state index is 12.1. The Morgan fingerprint density at radius 2 is 1.95 bits per heavy atom. The molecule has 1 aromatic carbocycles. The summed E-state index contributed by atoms with van der Waals surface area (Å²) in [7, 11) is 0. The molecule has 0 fully saturated rings. The van der Waals surface area contributed by atoms with E-state index in [-0.39, 0.29) is 5.13 Å². The number of benzene rings is 1. The molecule has 3 nitrogen and oxygen atoms in total. The van der Waals surface area contributed by atoms with Crippen LogP contribution in [0.25, 0.3) is 11.3 Å². The third-order valence-electron chi connectivity index (χ3n) is 2.52. The zero-order valence-electron chi connectivity index (χ0n) is 10.8. The van der Waals surface area contributed by atoms with E-state index in [0.717, 1.165) is 26.3 Å². The maximum Gasteiger partial charge on any atom is 0.397 e. The van der Waals surface area contributed by atoms with Crippen LogP contribution in [0.2, 0.25) is 0 Å². The summed E-state index contributed by atoms with van der Waals surface area (Å²) in [5.74, 6) is -1.11. The predicted molar refractivity (Wildman–Crippen MR) is 79.3 cm³/mol.